The summed E-state index contributed by atoms with van der Waals surface area (Å²) in [5, 5.41) is 3.22. The Balaban J connectivity index is 0.00000241. The zero-order chi connectivity index (χ0) is 24.8. The number of carbonyl (C=O) groups excluding carboxylic acids is 1. The van der Waals surface area contributed by atoms with Crippen molar-refractivity contribution >= 4 is 53.9 Å². The van der Waals surface area contributed by atoms with Crippen LogP contribution in [-0.2, 0) is 11.2 Å². The Morgan fingerprint density at radius 2 is 1.68 bits per heavy atom. The molecule has 0 radical (unpaired) electrons. The average Bonchev–Trinajstić information content (AvgIpc) is 2.84. The van der Waals surface area contributed by atoms with Gasteiger partial charge in [-0.1, -0.05) is 41.4 Å². The number of nitrogens with zero attached hydrogens (tertiary/aromatic N) is 3. The van der Waals surface area contributed by atoms with Crippen molar-refractivity contribution in [2.24, 2.45) is 0 Å². The van der Waals surface area contributed by atoms with Gasteiger partial charge < -0.3 is 9.64 Å². The number of aryl methyl sites for hydroxylation is 2. The molecule has 1 N–H and O–H groups in total. The summed E-state index contributed by atoms with van der Waals surface area (Å²) in [5.74, 6) is -0.00290. The van der Waals surface area contributed by atoms with Crippen molar-refractivity contribution in [1.82, 2.24) is 20.2 Å². The molecule has 2 aliphatic heterocycles. The largest absolute Gasteiger partial charge is 0.379 e. The topological polar surface area (TPSA) is 48.0 Å². The Labute approximate surface area is 243 Å². The van der Waals surface area contributed by atoms with Crippen molar-refractivity contribution in [1.29, 1.82) is 0 Å². The number of rotatable bonds is 8. The van der Waals surface area contributed by atoms with E-state index in [-0.39, 0.29) is 36.8 Å². The van der Waals surface area contributed by atoms with Gasteiger partial charge >= 0.3 is 0 Å². The second-order valence-electron chi connectivity index (χ2n) is 9.59. The van der Waals surface area contributed by atoms with Gasteiger partial charge in [-0.05, 0) is 68.1 Å². The monoisotopic (exact) mass is 590 g/mol. The van der Waals surface area contributed by atoms with Gasteiger partial charge in [0.25, 0.3) is 5.91 Å². The predicted octanol–water partition coefficient (Wildman–Crippen LogP) is 5.05. The van der Waals surface area contributed by atoms with Gasteiger partial charge in [-0.15, -0.1) is 24.8 Å². The van der Waals surface area contributed by atoms with E-state index in [1.54, 1.807) is 18.2 Å². The molecule has 1 atom stereocenters. The molecule has 0 spiro atoms. The molecule has 1 unspecified atom stereocenters. The van der Waals surface area contributed by atoms with E-state index in [0.29, 0.717) is 22.2 Å². The van der Waals surface area contributed by atoms with Gasteiger partial charge in [-0.2, -0.15) is 0 Å². The van der Waals surface area contributed by atoms with Crippen molar-refractivity contribution in [2.45, 2.75) is 32.7 Å². The Kier molecular flexibility index (Phi) is 13.4. The van der Waals surface area contributed by atoms with Crippen LogP contribution in [-0.4, -0.2) is 85.8 Å². The van der Waals surface area contributed by atoms with Crippen LogP contribution in [0.25, 0.3) is 0 Å². The minimum atomic E-state index is -0.00290. The highest BCUT2D eigenvalue weighted by atomic mass is 35.5. The van der Waals surface area contributed by atoms with E-state index in [2.05, 4.69) is 47.4 Å². The number of benzene rings is 2. The SMILES string of the molecule is Cc1ccc(CC2CN(CCCNN3CCOCC3)CCN2C(=O)c2cc(Cl)cc(Cl)c2)cc1C.Cl.Cl. The number of nitrogens with one attached hydrogen (secondary N) is 1. The van der Waals surface area contributed by atoms with Crippen molar-refractivity contribution in [2.75, 3.05) is 59.0 Å². The van der Waals surface area contributed by atoms with Crippen molar-refractivity contribution in [3.63, 3.8) is 0 Å². The number of piperazine rings is 1. The van der Waals surface area contributed by atoms with Gasteiger partial charge in [-0.3, -0.25) is 15.1 Å². The molecule has 2 aromatic carbocycles. The predicted molar refractivity (Wildman–Crippen MR) is 157 cm³/mol. The maximum absolute atomic E-state index is 13.5. The number of hydrogen-bond donors (Lipinski definition) is 1. The molecule has 0 aromatic heterocycles. The molecular formula is C27H38Cl4N4O2. The fraction of sp³-hybridized carbons (Fsp3) is 0.519. The summed E-state index contributed by atoms with van der Waals surface area (Å²) < 4.78 is 5.41. The number of hydrazine groups is 1. The minimum absolute atomic E-state index is 0. The van der Waals surface area contributed by atoms with E-state index in [1.165, 1.54) is 16.7 Å². The minimum Gasteiger partial charge on any atom is -0.379 e. The van der Waals surface area contributed by atoms with Crippen molar-refractivity contribution in [3.05, 3.63) is 68.7 Å². The Morgan fingerprint density at radius 1 is 0.973 bits per heavy atom. The molecule has 2 aliphatic rings. The second-order valence-corrected chi connectivity index (χ2v) is 10.5. The Bertz CT molecular complexity index is 1000. The molecule has 10 heteroatoms. The Hall–Kier alpha value is -1.09. The van der Waals surface area contributed by atoms with Gasteiger partial charge in [0.2, 0.25) is 0 Å². The molecular weight excluding hydrogens is 554 g/mol. The van der Waals surface area contributed by atoms with Crippen molar-refractivity contribution in [3.8, 4) is 0 Å². The summed E-state index contributed by atoms with van der Waals surface area (Å²) >= 11 is 12.4. The fourth-order valence-electron chi connectivity index (χ4n) is 4.87. The summed E-state index contributed by atoms with van der Waals surface area (Å²) in [6, 6.07) is 11.8. The molecule has 6 nitrogen and oxygen atoms in total. The molecule has 2 fully saturated rings. The van der Waals surface area contributed by atoms with Crippen molar-refractivity contribution < 1.29 is 9.53 Å². The zero-order valence-electron chi connectivity index (χ0n) is 21.6. The van der Waals surface area contributed by atoms with Gasteiger partial charge in [0.1, 0.15) is 0 Å². The van der Waals surface area contributed by atoms with Crippen LogP contribution in [0.15, 0.2) is 36.4 Å². The highest BCUT2D eigenvalue weighted by Crippen LogP contribution is 2.24. The summed E-state index contributed by atoms with van der Waals surface area (Å²) in [6.07, 6.45) is 1.88. The number of halogens is 4. The van der Waals surface area contributed by atoms with Gasteiger partial charge in [-0.25, -0.2) is 5.01 Å². The average molecular weight is 592 g/mol. The Morgan fingerprint density at radius 3 is 2.35 bits per heavy atom. The number of ether oxygens (including phenoxy) is 1. The van der Waals surface area contributed by atoms with E-state index in [1.807, 2.05) is 4.90 Å². The second kappa shape index (κ2) is 15.5. The van der Waals surface area contributed by atoms with E-state index in [4.69, 9.17) is 27.9 Å². The normalized spacial score (nSPS) is 18.7. The number of hydrogen-bond acceptors (Lipinski definition) is 5. The first kappa shape index (κ1) is 32.1. The molecule has 2 aromatic rings. The lowest BCUT2D eigenvalue weighted by Gasteiger charge is -2.42. The molecule has 206 valence electrons. The van der Waals surface area contributed by atoms with E-state index >= 15 is 0 Å². The fourth-order valence-corrected chi connectivity index (χ4v) is 5.40. The van der Waals surface area contributed by atoms with Crippen LogP contribution in [0, 0.1) is 13.8 Å². The number of carbonyl (C=O) groups is 1. The zero-order valence-corrected chi connectivity index (χ0v) is 24.7. The third-order valence-electron chi connectivity index (χ3n) is 6.98. The summed E-state index contributed by atoms with van der Waals surface area (Å²) in [5.41, 5.74) is 7.90. The van der Waals surface area contributed by atoms with Crippen LogP contribution in [0.3, 0.4) is 0 Å². The number of amides is 1. The first-order valence-electron chi connectivity index (χ1n) is 12.5. The van der Waals surface area contributed by atoms with Crippen LogP contribution in [0.2, 0.25) is 10.0 Å². The molecule has 0 bridgehead atoms. The van der Waals surface area contributed by atoms with Gasteiger partial charge in [0.05, 0.1) is 13.2 Å². The molecule has 2 saturated heterocycles. The lowest BCUT2D eigenvalue weighted by molar-refractivity contribution is 0.0108. The standard InChI is InChI=1S/C27H36Cl2N4O2.2ClH/c1-20-4-5-22(14-21(20)2)15-26-19-31(7-3-6-30-32-10-12-35-13-11-32)8-9-33(26)27(34)23-16-24(28)18-25(29)17-23;;/h4-5,14,16-18,26,30H,3,6-13,15,19H2,1-2H3;2*1H. The molecule has 0 aliphatic carbocycles. The van der Waals surface area contributed by atoms with Crippen LogP contribution in [0.5, 0.6) is 0 Å². The van der Waals surface area contributed by atoms with E-state index in [0.717, 1.165) is 65.3 Å². The maximum Gasteiger partial charge on any atom is 0.254 e. The summed E-state index contributed by atoms with van der Waals surface area (Å²) in [4.78, 5) is 18.0. The third kappa shape index (κ3) is 9.26. The van der Waals surface area contributed by atoms with Gasteiger partial charge in [0, 0.05) is 60.9 Å². The van der Waals surface area contributed by atoms with E-state index < -0.39 is 0 Å². The third-order valence-corrected chi connectivity index (χ3v) is 7.41. The quantitative estimate of drug-likeness (QED) is 0.435. The molecule has 37 heavy (non-hydrogen) atoms. The summed E-state index contributed by atoms with van der Waals surface area (Å²) in [7, 11) is 0. The van der Waals surface area contributed by atoms with Gasteiger partial charge in [0.15, 0.2) is 0 Å². The molecule has 0 saturated carbocycles. The summed E-state index contributed by atoms with van der Waals surface area (Å²) in [6.45, 7) is 12.1. The molecule has 1 amide bonds. The van der Waals surface area contributed by atoms with E-state index in [9.17, 15) is 4.79 Å². The maximum atomic E-state index is 13.5. The highest BCUT2D eigenvalue weighted by Gasteiger charge is 2.31. The smallest absolute Gasteiger partial charge is 0.254 e. The molecule has 2 heterocycles. The van der Waals surface area contributed by atoms with Crippen LogP contribution >= 0.6 is 48.0 Å². The lowest BCUT2D eigenvalue weighted by Crippen LogP contribution is -2.56. The lowest BCUT2D eigenvalue weighted by atomic mass is 9.97. The van der Waals surface area contributed by atoms with Crippen LogP contribution in [0.4, 0.5) is 0 Å². The highest BCUT2D eigenvalue weighted by molar-refractivity contribution is 6.35. The first-order valence-corrected chi connectivity index (χ1v) is 13.3. The molecule has 4 rings (SSSR count). The van der Waals surface area contributed by atoms with Crippen LogP contribution < -0.4 is 5.43 Å². The number of morpholine rings is 1. The first-order chi connectivity index (χ1) is 16.9. The van der Waals surface area contributed by atoms with Crippen LogP contribution in [0.1, 0.15) is 33.5 Å².